The van der Waals surface area contributed by atoms with Gasteiger partial charge in [0.1, 0.15) is 9.88 Å². The van der Waals surface area contributed by atoms with E-state index in [-0.39, 0.29) is 5.91 Å². The third-order valence-corrected chi connectivity index (χ3v) is 5.41. The molecule has 1 aromatic heterocycles. The van der Waals surface area contributed by atoms with Crippen LogP contribution in [0.2, 0.25) is 0 Å². The summed E-state index contributed by atoms with van der Waals surface area (Å²) in [6.07, 6.45) is 2.89. The highest BCUT2D eigenvalue weighted by Gasteiger charge is 2.20. The summed E-state index contributed by atoms with van der Waals surface area (Å²) in [4.78, 5) is 15.8. The molecular formula is C14H26N4OS2. The zero-order valence-electron chi connectivity index (χ0n) is 13.4. The number of hydrogen-bond donors (Lipinski definition) is 3. The van der Waals surface area contributed by atoms with Gasteiger partial charge in [0.05, 0.1) is 10.6 Å². The van der Waals surface area contributed by atoms with Crippen LogP contribution in [0.3, 0.4) is 0 Å². The molecule has 5 nitrogen and oxygen atoms in total. The average molecular weight is 331 g/mol. The van der Waals surface area contributed by atoms with E-state index in [2.05, 4.69) is 22.5 Å². The van der Waals surface area contributed by atoms with Gasteiger partial charge < -0.3 is 21.3 Å². The fourth-order valence-electron chi connectivity index (χ4n) is 1.66. The molecule has 0 saturated heterocycles. The standard InChI is InChI=1S/C14H26N4OS2/c1-6-7-16-13(19)11-10(15)12(20-5)14(21-11)17-8-9(2)18(3)4/h9,17H,6-8,15H2,1-5H3,(H,16,19). The molecule has 0 aliphatic rings. The summed E-state index contributed by atoms with van der Waals surface area (Å²) in [5.74, 6) is -0.0802. The molecule has 0 spiro atoms. The first-order valence-electron chi connectivity index (χ1n) is 7.07. The SMILES string of the molecule is CCCNC(=O)c1sc(NCC(C)N(C)C)c(SC)c1N. The van der Waals surface area contributed by atoms with Crippen molar-refractivity contribution in [2.75, 3.05) is 44.5 Å². The zero-order chi connectivity index (χ0) is 16.0. The average Bonchev–Trinajstić information content (AvgIpc) is 2.78. The number of thiophene rings is 1. The van der Waals surface area contributed by atoms with Gasteiger partial charge in [0, 0.05) is 19.1 Å². The molecule has 1 rings (SSSR count). The number of carbonyl (C=O) groups is 1. The fourth-order valence-corrected chi connectivity index (χ4v) is 3.62. The van der Waals surface area contributed by atoms with Crippen LogP contribution in [0, 0.1) is 0 Å². The lowest BCUT2D eigenvalue weighted by Crippen LogP contribution is -2.31. The van der Waals surface area contributed by atoms with Gasteiger partial charge in [-0.2, -0.15) is 0 Å². The Morgan fingerprint density at radius 1 is 1.48 bits per heavy atom. The number of anilines is 2. The fraction of sp³-hybridized carbons (Fsp3) is 0.643. The Balaban J connectivity index is 2.87. The number of nitrogens with one attached hydrogen (secondary N) is 2. The molecule has 0 aromatic carbocycles. The lowest BCUT2D eigenvalue weighted by Gasteiger charge is -2.20. The second-order valence-electron chi connectivity index (χ2n) is 5.16. The minimum absolute atomic E-state index is 0.0802. The Labute approximate surface area is 135 Å². The maximum atomic E-state index is 12.1. The van der Waals surface area contributed by atoms with Crippen molar-refractivity contribution in [1.82, 2.24) is 10.2 Å². The molecule has 4 N–H and O–H groups in total. The predicted molar refractivity (Wildman–Crippen MR) is 94.8 cm³/mol. The van der Waals surface area contributed by atoms with Crippen LogP contribution in [-0.4, -0.2) is 50.3 Å². The monoisotopic (exact) mass is 330 g/mol. The molecule has 0 saturated carbocycles. The number of nitrogens with zero attached hydrogens (tertiary/aromatic N) is 1. The Morgan fingerprint density at radius 2 is 2.14 bits per heavy atom. The maximum absolute atomic E-state index is 12.1. The molecule has 0 radical (unpaired) electrons. The largest absolute Gasteiger partial charge is 0.396 e. The van der Waals surface area contributed by atoms with Crippen LogP contribution in [0.4, 0.5) is 10.7 Å². The molecule has 1 heterocycles. The normalized spacial score (nSPS) is 12.5. The zero-order valence-corrected chi connectivity index (χ0v) is 15.1. The van der Waals surface area contributed by atoms with Gasteiger partial charge in [-0.25, -0.2) is 0 Å². The Kier molecular flexibility index (Phi) is 7.34. The quantitative estimate of drug-likeness (QED) is 0.639. The van der Waals surface area contributed by atoms with Crippen molar-refractivity contribution in [2.24, 2.45) is 0 Å². The smallest absolute Gasteiger partial charge is 0.263 e. The van der Waals surface area contributed by atoms with E-state index in [1.165, 1.54) is 11.3 Å². The van der Waals surface area contributed by atoms with E-state index in [9.17, 15) is 4.79 Å². The topological polar surface area (TPSA) is 70.4 Å². The summed E-state index contributed by atoms with van der Waals surface area (Å²) in [6, 6.07) is 0.403. The van der Waals surface area contributed by atoms with Crippen molar-refractivity contribution >= 4 is 39.7 Å². The van der Waals surface area contributed by atoms with Crippen LogP contribution in [-0.2, 0) is 0 Å². The first-order chi connectivity index (χ1) is 9.92. The number of nitrogens with two attached hydrogens (primary N) is 1. The van der Waals surface area contributed by atoms with Gasteiger partial charge in [-0.15, -0.1) is 23.1 Å². The Bertz CT molecular complexity index is 474. The van der Waals surface area contributed by atoms with E-state index in [0.29, 0.717) is 23.2 Å². The van der Waals surface area contributed by atoms with Gasteiger partial charge in [-0.1, -0.05) is 6.92 Å². The molecule has 0 aliphatic carbocycles. The van der Waals surface area contributed by atoms with Gasteiger partial charge in [-0.05, 0) is 33.7 Å². The summed E-state index contributed by atoms with van der Waals surface area (Å²) < 4.78 is 0. The first kappa shape index (κ1) is 18.1. The summed E-state index contributed by atoms with van der Waals surface area (Å²) >= 11 is 3.01. The highest BCUT2D eigenvalue weighted by molar-refractivity contribution is 7.99. The molecule has 1 atom stereocenters. The number of thioether (sulfide) groups is 1. The van der Waals surface area contributed by atoms with Crippen molar-refractivity contribution in [3.63, 3.8) is 0 Å². The van der Waals surface area contributed by atoms with Gasteiger partial charge in [0.15, 0.2) is 0 Å². The number of rotatable bonds is 8. The van der Waals surface area contributed by atoms with E-state index < -0.39 is 0 Å². The molecule has 0 aliphatic heterocycles. The molecule has 21 heavy (non-hydrogen) atoms. The summed E-state index contributed by atoms with van der Waals surface area (Å²) in [7, 11) is 4.10. The molecular weight excluding hydrogens is 304 g/mol. The molecule has 0 fully saturated rings. The molecule has 7 heteroatoms. The second-order valence-corrected chi connectivity index (χ2v) is 6.99. The first-order valence-corrected chi connectivity index (χ1v) is 9.11. The number of nitrogen functional groups attached to an aromatic ring is 1. The summed E-state index contributed by atoms with van der Waals surface area (Å²) in [5, 5.41) is 7.28. The van der Waals surface area contributed by atoms with Crippen LogP contribution < -0.4 is 16.4 Å². The highest BCUT2D eigenvalue weighted by atomic mass is 32.2. The van der Waals surface area contributed by atoms with Gasteiger partial charge in [0.2, 0.25) is 0 Å². The third kappa shape index (κ3) is 4.79. The maximum Gasteiger partial charge on any atom is 0.263 e. The molecule has 1 aromatic rings. The Hall–Kier alpha value is -0.920. The highest BCUT2D eigenvalue weighted by Crippen LogP contribution is 2.41. The van der Waals surface area contributed by atoms with Gasteiger partial charge in [0.25, 0.3) is 5.91 Å². The van der Waals surface area contributed by atoms with E-state index in [0.717, 1.165) is 22.9 Å². The van der Waals surface area contributed by atoms with Crippen LogP contribution in [0.25, 0.3) is 0 Å². The van der Waals surface area contributed by atoms with Gasteiger partial charge in [-0.3, -0.25) is 4.79 Å². The molecule has 0 bridgehead atoms. The van der Waals surface area contributed by atoms with Crippen LogP contribution in [0.15, 0.2) is 4.90 Å². The summed E-state index contributed by atoms with van der Waals surface area (Å²) in [6.45, 7) is 5.67. The molecule has 120 valence electrons. The van der Waals surface area contributed by atoms with Crippen molar-refractivity contribution < 1.29 is 4.79 Å². The minimum atomic E-state index is -0.0802. The number of hydrogen-bond acceptors (Lipinski definition) is 6. The second kappa shape index (κ2) is 8.51. The van der Waals surface area contributed by atoms with Crippen molar-refractivity contribution in [2.45, 2.75) is 31.2 Å². The molecule has 1 amide bonds. The van der Waals surface area contributed by atoms with Crippen LogP contribution in [0.5, 0.6) is 0 Å². The van der Waals surface area contributed by atoms with E-state index in [1.54, 1.807) is 11.8 Å². The molecule has 1 unspecified atom stereocenters. The minimum Gasteiger partial charge on any atom is -0.396 e. The number of amides is 1. The summed E-state index contributed by atoms with van der Waals surface area (Å²) in [5.41, 5.74) is 6.72. The van der Waals surface area contributed by atoms with Crippen molar-refractivity contribution in [3.05, 3.63) is 4.88 Å². The van der Waals surface area contributed by atoms with Crippen LogP contribution in [0.1, 0.15) is 29.9 Å². The predicted octanol–water partition coefficient (Wildman–Crippen LogP) is 2.55. The van der Waals surface area contributed by atoms with Gasteiger partial charge >= 0.3 is 0 Å². The van der Waals surface area contributed by atoms with Crippen molar-refractivity contribution in [1.29, 1.82) is 0 Å². The van der Waals surface area contributed by atoms with E-state index >= 15 is 0 Å². The van der Waals surface area contributed by atoms with Crippen LogP contribution >= 0.6 is 23.1 Å². The lowest BCUT2D eigenvalue weighted by atomic mass is 10.3. The Morgan fingerprint density at radius 3 is 2.67 bits per heavy atom. The van der Waals surface area contributed by atoms with E-state index in [1.807, 2.05) is 27.3 Å². The van der Waals surface area contributed by atoms with Crippen molar-refractivity contribution in [3.8, 4) is 0 Å². The number of carbonyl (C=O) groups excluding carboxylic acids is 1. The lowest BCUT2D eigenvalue weighted by molar-refractivity contribution is 0.0958. The third-order valence-electron chi connectivity index (χ3n) is 3.29. The van der Waals surface area contributed by atoms with E-state index in [4.69, 9.17) is 5.73 Å². The number of likely N-dealkylation sites (N-methyl/N-ethyl adjacent to an activating group) is 1.